The predicted molar refractivity (Wildman–Crippen MR) is 130 cm³/mol. The molecule has 0 spiro atoms. The Labute approximate surface area is 208 Å². The van der Waals surface area contributed by atoms with Crippen LogP contribution in [0.15, 0.2) is 53.4 Å². The van der Waals surface area contributed by atoms with E-state index in [0.717, 1.165) is 12.1 Å². The van der Waals surface area contributed by atoms with Crippen LogP contribution in [-0.4, -0.2) is 57.3 Å². The van der Waals surface area contributed by atoms with Gasteiger partial charge in [-0.3, -0.25) is 4.79 Å². The molecular formula is C24H29F3N4O4S. The minimum Gasteiger partial charge on any atom is -0.369 e. The van der Waals surface area contributed by atoms with Crippen molar-refractivity contribution in [2.45, 2.75) is 37.3 Å². The van der Waals surface area contributed by atoms with Gasteiger partial charge in [-0.25, -0.2) is 13.2 Å². The zero-order valence-electron chi connectivity index (χ0n) is 19.8. The van der Waals surface area contributed by atoms with Crippen LogP contribution in [0.5, 0.6) is 0 Å². The maximum Gasteiger partial charge on any atom is 0.416 e. The molecule has 2 N–H and O–H groups in total. The highest BCUT2D eigenvalue weighted by molar-refractivity contribution is 7.89. The molecule has 0 aromatic heterocycles. The van der Waals surface area contributed by atoms with Crippen molar-refractivity contribution in [3.05, 3.63) is 54.1 Å². The number of anilines is 2. The van der Waals surface area contributed by atoms with Crippen LogP contribution in [0.25, 0.3) is 0 Å². The fourth-order valence-electron chi connectivity index (χ4n) is 3.76. The van der Waals surface area contributed by atoms with Gasteiger partial charge in [0.25, 0.3) is 0 Å². The summed E-state index contributed by atoms with van der Waals surface area (Å²) in [6.07, 6.45) is -3.04. The highest BCUT2D eigenvalue weighted by Gasteiger charge is 2.32. The third-order valence-corrected chi connectivity index (χ3v) is 7.75. The smallest absolute Gasteiger partial charge is 0.369 e. The van der Waals surface area contributed by atoms with Crippen molar-refractivity contribution in [3.8, 4) is 0 Å². The number of benzene rings is 2. The molecule has 1 fully saturated rings. The van der Waals surface area contributed by atoms with Gasteiger partial charge >= 0.3 is 12.2 Å². The lowest BCUT2D eigenvalue weighted by atomic mass is 10.1. The number of carbonyl (C=O) groups excluding carboxylic acids is 2. The Morgan fingerprint density at radius 2 is 1.67 bits per heavy atom. The predicted octanol–water partition coefficient (Wildman–Crippen LogP) is 4.10. The van der Waals surface area contributed by atoms with Gasteiger partial charge in [0, 0.05) is 56.9 Å². The van der Waals surface area contributed by atoms with Crippen LogP contribution >= 0.6 is 0 Å². The first-order chi connectivity index (χ1) is 17.0. The van der Waals surface area contributed by atoms with Crippen LogP contribution in [0.2, 0.25) is 0 Å². The number of sulfonamides is 1. The van der Waals surface area contributed by atoms with E-state index in [1.807, 2.05) is 0 Å². The molecule has 0 radical (unpaired) electrons. The third kappa shape index (κ3) is 7.20. The number of piperazine rings is 1. The Balaban J connectivity index is 1.54. The van der Waals surface area contributed by atoms with Crippen molar-refractivity contribution < 1.29 is 31.2 Å². The van der Waals surface area contributed by atoms with Crippen molar-refractivity contribution in [1.82, 2.24) is 9.62 Å². The van der Waals surface area contributed by atoms with Crippen molar-refractivity contribution in [3.63, 3.8) is 0 Å². The zero-order chi connectivity index (χ0) is 26.3. The van der Waals surface area contributed by atoms with Crippen molar-refractivity contribution in [1.29, 1.82) is 0 Å². The van der Waals surface area contributed by atoms with E-state index < -0.39 is 27.8 Å². The summed E-state index contributed by atoms with van der Waals surface area (Å²) in [5.74, 6) is 0.131. The van der Waals surface area contributed by atoms with Gasteiger partial charge in [0.2, 0.25) is 10.0 Å². The molecule has 0 atom stereocenters. The summed E-state index contributed by atoms with van der Waals surface area (Å²) in [5, 5.41) is 5.25. The molecule has 1 aliphatic rings. The Morgan fingerprint density at radius 1 is 1.00 bits per heavy atom. The van der Waals surface area contributed by atoms with E-state index in [1.165, 1.54) is 34.6 Å². The van der Waals surface area contributed by atoms with Crippen LogP contribution in [-0.2, 0) is 21.0 Å². The topological polar surface area (TPSA) is 98.8 Å². The first-order valence-corrected chi connectivity index (χ1v) is 13.0. The molecule has 3 rings (SSSR count). The Kier molecular flexibility index (Phi) is 8.96. The molecule has 0 unspecified atom stereocenters. The van der Waals surface area contributed by atoms with E-state index in [4.69, 9.17) is 0 Å². The number of urea groups is 1. The normalized spacial score (nSPS) is 14.9. The average molecular weight is 527 g/mol. The molecule has 0 aliphatic carbocycles. The summed E-state index contributed by atoms with van der Waals surface area (Å²) in [6, 6.07) is 10.3. The second-order valence-corrected chi connectivity index (χ2v) is 10.3. The minimum atomic E-state index is -4.45. The molecule has 1 aliphatic heterocycles. The van der Waals surface area contributed by atoms with Gasteiger partial charge in [0.1, 0.15) is 5.78 Å². The summed E-state index contributed by atoms with van der Waals surface area (Å²) in [6.45, 7) is 2.89. The molecule has 12 heteroatoms. The SMILES string of the molecule is CCC(=O)CCCNC(=O)Nc1ccc(S(=O)(=O)N2CCN(c3cccc(C(F)(F)F)c3)CC2)cc1. The number of ketones is 1. The monoisotopic (exact) mass is 526 g/mol. The largest absolute Gasteiger partial charge is 0.416 e. The van der Waals surface area contributed by atoms with Crippen LogP contribution in [0.3, 0.4) is 0 Å². The number of halogens is 3. The number of hydrogen-bond donors (Lipinski definition) is 2. The van der Waals surface area contributed by atoms with E-state index in [2.05, 4.69) is 10.6 Å². The molecule has 2 amide bonds. The van der Waals surface area contributed by atoms with Crippen LogP contribution < -0.4 is 15.5 Å². The van der Waals surface area contributed by atoms with E-state index >= 15 is 0 Å². The number of alkyl halides is 3. The second kappa shape index (κ2) is 11.7. The van der Waals surface area contributed by atoms with E-state index in [0.29, 0.717) is 37.2 Å². The summed E-state index contributed by atoms with van der Waals surface area (Å²) in [5.41, 5.74) is 0.0574. The molecule has 36 heavy (non-hydrogen) atoms. The summed E-state index contributed by atoms with van der Waals surface area (Å²) < 4.78 is 66.4. The Bertz CT molecular complexity index is 1160. The van der Waals surface area contributed by atoms with Gasteiger partial charge in [-0.2, -0.15) is 17.5 Å². The van der Waals surface area contributed by atoms with Gasteiger partial charge in [0.05, 0.1) is 10.5 Å². The number of amides is 2. The van der Waals surface area contributed by atoms with Crippen LogP contribution in [0.4, 0.5) is 29.3 Å². The molecule has 0 bridgehead atoms. The first-order valence-electron chi connectivity index (χ1n) is 11.6. The zero-order valence-corrected chi connectivity index (χ0v) is 20.7. The van der Waals surface area contributed by atoms with Crippen molar-refractivity contribution in [2.24, 2.45) is 0 Å². The fraction of sp³-hybridized carbons (Fsp3) is 0.417. The van der Waals surface area contributed by atoms with Crippen LogP contribution in [0.1, 0.15) is 31.7 Å². The fourth-order valence-corrected chi connectivity index (χ4v) is 5.19. The number of Topliss-reactive ketones (excluding diaryl/α,β-unsaturated/α-hetero) is 1. The van der Waals surface area contributed by atoms with Crippen molar-refractivity contribution >= 4 is 33.2 Å². The van der Waals surface area contributed by atoms with Gasteiger partial charge in [-0.15, -0.1) is 0 Å². The number of carbonyl (C=O) groups is 2. The first kappa shape index (κ1) is 27.5. The summed E-state index contributed by atoms with van der Waals surface area (Å²) in [4.78, 5) is 25.0. The maximum absolute atomic E-state index is 13.0. The van der Waals surface area contributed by atoms with E-state index in [9.17, 15) is 31.2 Å². The standard InChI is InChI=1S/C24H29F3N4O4S/c1-2-21(32)7-4-12-28-23(33)29-19-8-10-22(11-9-19)36(34,35)31-15-13-30(14-16-31)20-6-3-5-18(17-20)24(25,26)27/h3,5-6,8-11,17H,2,4,7,12-16H2,1H3,(H2,28,29,33). The average Bonchev–Trinajstić information content (AvgIpc) is 2.86. The quantitative estimate of drug-likeness (QED) is 0.480. The Morgan fingerprint density at radius 3 is 2.28 bits per heavy atom. The highest BCUT2D eigenvalue weighted by atomic mass is 32.2. The number of hydrogen-bond acceptors (Lipinski definition) is 5. The molecule has 8 nitrogen and oxygen atoms in total. The van der Waals surface area contributed by atoms with Crippen LogP contribution in [0, 0.1) is 0 Å². The van der Waals surface area contributed by atoms with E-state index in [-0.39, 0.29) is 36.9 Å². The molecular weight excluding hydrogens is 497 g/mol. The van der Waals surface area contributed by atoms with Gasteiger partial charge < -0.3 is 15.5 Å². The molecule has 2 aromatic rings. The Hall–Kier alpha value is -3.12. The molecule has 1 heterocycles. The lowest BCUT2D eigenvalue weighted by Crippen LogP contribution is -2.48. The minimum absolute atomic E-state index is 0.0547. The van der Waals surface area contributed by atoms with E-state index in [1.54, 1.807) is 17.9 Å². The van der Waals surface area contributed by atoms with Gasteiger partial charge in [-0.1, -0.05) is 13.0 Å². The summed E-state index contributed by atoms with van der Waals surface area (Å²) in [7, 11) is -3.81. The number of nitrogens with one attached hydrogen (secondary N) is 2. The second-order valence-electron chi connectivity index (χ2n) is 8.34. The maximum atomic E-state index is 13.0. The highest BCUT2D eigenvalue weighted by Crippen LogP contribution is 2.32. The number of nitrogens with zero attached hydrogens (tertiary/aromatic N) is 2. The molecule has 2 aromatic carbocycles. The van der Waals surface area contributed by atoms with Crippen molar-refractivity contribution in [2.75, 3.05) is 42.9 Å². The number of rotatable bonds is 9. The summed E-state index contributed by atoms with van der Waals surface area (Å²) >= 11 is 0. The molecule has 0 saturated carbocycles. The van der Waals surface area contributed by atoms with Gasteiger partial charge in [0.15, 0.2) is 0 Å². The van der Waals surface area contributed by atoms with Gasteiger partial charge in [-0.05, 0) is 48.9 Å². The third-order valence-electron chi connectivity index (χ3n) is 5.84. The molecule has 196 valence electrons. The molecule has 1 saturated heterocycles. The lowest BCUT2D eigenvalue weighted by Gasteiger charge is -2.35. The lowest BCUT2D eigenvalue weighted by molar-refractivity contribution is -0.137.